The molecule has 0 bridgehead atoms. The lowest BCUT2D eigenvalue weighted by atomic mass is 9.51. The van der Waals surface area contributed by atoms with Crippen LogP contribution < -0.4 is 5.73 Å². The molecule has 0 aromatic rings. The van der Waals surface area contributed by atoms with Crippen LogP contribution in [-0.2, 0) is 0 Å². The van der Waals surface area contributed by atoms with Crippen molar-refractivity contribution in [2.45, 2.75) is 51.9 Å². The van der Waals surface area contributed by atoms with E-state index >= 15 is 0 Å². The number of nitrogens with two attached hydrogens (primary N) is 1. The van der Waals surface area contributed by atoms with Gasteiger partial charge >= 0.3 is 0 Å². The molecule has 0 spiro atoms. The molecule has 0 radical (unpaired) electrons. The van der Waals surface area contributed by atoms with Gasteiger partial charge in [0.25, 0.3) is 0 Å². The average Bonchev–Trinajstić information content (AvgIpc) is 2.32. The number of hydrogen-bond acceptors (Lipinski definition) is 1. The van der Waals surface area contributed by atoms with E-state index < -0.39 is 0 Å². The second-order valence-electron chi connectivity index (χ2n) is 5.13. The van der Waals surface area contributed by atoms with Crippen molar-refractivity contribution in [3.63, 3.8) is 0 Å². The predicted octanol–water partition coefficient (Wildman–Crippen LogP) is 2.94. The van der Waals surface area contributed by atoms with Crippen LogP contribution in [0.5, 0.6) is 0 Å². The van der Waals surface area contributed by atoms with E-state index in [0.717, 1.165) is 18.4 Å². The molecule has 1 heteroatoms. The van der Waals surface area contributed by atoms with Crippen LogP contribution in [0.25, 0.3) is 0 Å². The molecule has 13 heavy (non-hydrogen) atoms. The summed E-state index contributed by atoms with van der Waals surface area (Å²) >= 11 is 0. The van der Waals surface area contributed by atoms with Crippen LogP contribution in [0.3, 0.4) is 0 Å². The van der Waals surface area contributed by atoms with E-state index in [-0.39, 0.29) is 0 Å². The van der Waals surface area contributed by atoms with E-state index in [4.69, 9.17) is 5.73 Å². The van der Waals surface area contributed by atoms with Gasteiger partial charge in [0.2, 0.25) is 0 Å². The second-order valence-corrected chi connectivity index (χ2v) is 5.13. The molecule has 76 valence electrons. The van der Waals surface area contributed by atoms with Gasteiger partial charge in [0.05, 0.1) is 0 Å². The van der Waals surface area contributed by atoms with Gasteiger partial charge in [-0.3, -0.25) is 0 Å². The highest BCUT2D eigenvalue weighted by Crippen LogP contribution is 2.57. The van der Waals surface area contributed by atoms with Crippen molar-refractivity contribution in [2.24, 2.45) is 23.0 Å². The first-order valence-corrected chi connectivity index (χ1v) is 6.02. The molecular weight excluding hydrogens is 158 g/mol. The zero-order valence-corrected chi connectivity index (χ0v) is 8.89. The standard InChI is InChI=1S/C12H23N/c1-2-12(9-13)8-10-6-4-3-5-7-11(10)12/h10-11H,2-9,13H2,1H3/t10-,11-,12-/m0/s1. The van der Waals surface area contributed by atoms with Crippen molar-refractivity contribution >= 4 is 0 Å². The van der Waals surface area contributed by atoms with E-state index in [2.05, 4.69) is 6.92 Å². The third-order valence-corrected chi connectivity index (χ3v) is 4.73. The fourth-order valence-electron chi connectivity index (χ4n) is 3.73. The van der Waals surface area contributed by atoms with Crippen molar-refractivity contribution in [2.75, 3.05) is 6.54 Å². The van der Waals surface area contributed by atoms with Crippen LogP contribution in [0.4, 0.5) is 0 Å². The molecule has 0 saturated heterocycles. The molecule has 2 saturated carbocycles. The minimum atomic E-state index is 0.564. The quantitative estimate of drug-likeness (QED) is 0.696. The van der Waals surface area contributed by atoms with E-state index in [0.29, 0.717) is 5.41 Å². The Labute approximate surface area is 82.1 Å². The topological polar surface area (TPSA) is 26.0 Å². The number of hydrogen-bond donors (Lipinski definition) is 1. The van der Waals surface area contributed by atoms with Crippen molar-refractivity contribution in [1.82, 2.24) is 0 Å². The third-order valence-electron chi connectivity index (χ3n) is 4.73. The molecule has 0 heterocycles. The lowest BCUT2D eigenvalue weighted by Crippen LogP contribution is -2.51. The molecule has 0 unspecified atom stereocenters. The number of fused-ring (bicyclic) bond motifs is 1. The van der Waals surface area contributed by atoms with Gasteiger partial charge in [-0.15, -0.1) is 0 Å². The maximum absolute atomic E-state index is 5.94. The smallest absolute Gasteiger partial charge is 0.00178 e. The van der Waals surface area contributed by atoms with Crippen molar-refractivity contribution in [1.29, 1.82) is 0 Å². The van der Waals surface area contributed by atoms with Gasteiger partial charge in [0.1, 0.15) is 0 Å². The summed E-state index contributed by atoms with van der Waals surface area (Å²) in [7, 11) is 0. The van der Waals surface area contributed by atoms with Gasteiger partial charge in [-0.25, -0.2) is 0 Å². The minimum Gasteiger partial charge on any atom is -0.330 e. The SMILES string of the molecule is CC[C@@]1(CN)C[C@@H]2CCCCC[C@@H]21. The fourth-order valence-corrected chi connectivity index (χ4v) is 3.73. The third kappa shape index (κ3) is 1.41. The van der Waals surface area contributed by atoms with Gasteiger partial charge < -0.3 is 5.73 Å². The Hall–Kier alpha value is -0.0400. The Morgan fingerprint density at radius 3 is 2.69 bits per heavy atom. The minimum absolute atomic E-state index is 0.564. The van der Waals surface area contributed by atoms with Crippen molar-refractivity contribution in [3.8, 4) is 0 Å². The van der Waals surface area contributed by atoms with Crippen LogP contribution in [0.2, 0.25) is 0 Å². The van der Waals surface area contributed by atoms with Crippen molar-refractivity contribution < 1.29 is 0 Å². The van der Waals surface area contributed by atoms with Crippen molar-refractivity contribution in [3.05, 3.63) is 0 Å². The highest BCUT2D eigenvalue weighted by Gasteiger charge is 2.50. The molecule has 0 aromatic heterocycles. The Morgan fingerprint density at radius 2 is 2.00 bits per heavy atom. The van der Waals surface area contributed by atoms with E-state index in [9.17, 15) is 0 Å². The van der Waals surface area contributed by atoms with Crippen LogP contribution in [0.15, 0.2) is 0 Å². The molecule has 0 aromatic carbocycles. The Bertz CT molecular complexity index is 172. The van der Waals surface area contributed by atoms with E-state index in [1.807, 2.05) is 0 Å². The van der Waals surface area contributed by atoms with E-state index in [1.54, 1.807) is 0 Å². The Balaban J connectivity index is 2.03. The zero-order valence-electron chi connectivity index (χ0n) is 8.89. The molecule has 2 rings (SSSR count). The summed E-state index contributed by atoms with van der Waals surface area (Å²) in [4.78, 5) is 0. The molecular formula is C12H23N. The van der Waals surface area contributed by atoms with Gasteiger partial charge in [-0.1, -0.05) is 32.6 Å². The molecule has 3 atom stereocenters. The summed E-state index contributed by atoms with van der Waals surface area (Å²) in [6.45, 7) is 3.26. The molecule has 1 nitrogen and oxygen atoms in total. The first kappa shape index (κ1) is 9.51. The summed E-state index contributed by atoms with van der Waals surface area (Å²) in [6.07, 6.45) is 10.1. The van der Waals surface area contributed by atoms with Gasteiger partial charge in [-0.2, -0.15) is 0 Å². The second kappa shape index (κ2) is 3.61. The number of rotatable bonds is 2. The summed E-state index contributed by atoms with van der Waals surface area (Å²) in [5.41, 5.74) is 6.50. The zero-order chi connectivity index (χ0) is 9.31. The monoisotopic (exact) mass is 181 g/mol. The lowest BCUT2D eigenvalue weighted by molar-refractivity contribution is -0.0436. The molecule has 2 N–H and O–H groups in total. The van der Waals surface area contributed by atoms with E-state index in [1.165, 1.54) is 44.9 Å². The molecule has 0 amide bonds. The van der Waals surface area contributed by atoms with Crippen LogP contribution in [0.1, 0.15) is 51.9 Å². The average molecular weight is 181 g/mol. The molecule has 2 aliphatic carbocycles. The predicted molar refractivity (Wildman–Crippen MR) is 56.5 cm³/mol. The maximum Gasteiger partial charge on any atom is -0.00178 e. The highest BCUT2D eigenvalue weighted by atomic mass is 14.7. The Morgan fingerprint density at radius 1 is 1.23 bits per heavy atom. The molecule has 0 aliphatic heterocycles. The summed E-state index contributed by atoms with van der Waals surface area (Å²) in [5.74, 6) is 2.04. The fraction of sp³-hybridized carbons (Fsp3) is 1.00. The maximum atomic E-state index is 5.94. The van der Waals surface area contributed by atoms with Crippen LogP contribution in [-0.4, -0.2) is 6.54 Å². The summed E-state index contributed by atoms with van der Waals surface area (Å²) in [6, 6.07) is 0. The first-order chi connectivity index (χ1) is 6.32. The molecule has 2 fully saturated rings. The lowest BCUT2D eigenvalue weighted by Gasteiger charge is -2.55. The van der Waals surface area contributed by atoms with Gasteiger partial charge in [0, 0.05) is 0 Å². The van der Waals surface area contributed by atoms with Crippen LogP contribution in [0, 0.1) is 17.3 Å². The van der Waals surface area contributed by atoms with Gasteiger partial charge in [0.15, 0.2) is 0 Å². The first-order valence-electron chi connectivity index (χ1n) is 6.02. The molecule has 2 aliphatic rings. The largest absolute Gasteiger partial charge is 0.330 e. The Kier molecular flexibility index (Phi) is 2.64. The summed E-state index contributed by atoms with van der Waals surface area (Å²) < 4.78 is 0. The van der Waals surface area contributed by atoms with Crippen LogP contribution >= 0.6 is 0 Å². The normalized spacial score (nSPS) is 44.8. The van der Waals surface area contributed by atoms with Gasteiger partial charge in [-0.05, 0) is 43.1 Å². The summed E-state index contributed by atoms with van der Waals surface area (Å²) in [5, 5.41) is 0. The highest BCUT2D eigenvalue weighted by molar-refractivity contribution is 5.01.